The number of aromatic nitrogens is 1. The van der Waals surface area contributed by atoms with E-state index in [9.17, 15) is 14.7 Å². The molecule has 5 nitrogen and oxygen atoms in total. The van der Waals surface area contributed by atoms with E-state index in [0.29, 0.717) is 16.8 Å². The number of fused-ring (bicyclic) bond motifs is 1. The van der Waals surface area contributed by atoms with Crippen LogP contribution in [0.5, 0.6) is 0 Å². The second-order valence-electron chi connectivity index (χ2n) is 6.15. The van der Waals surface area contributed by atoms with Crippen molar-refractivity contribution in [3.05, 3.63) is 64.5 Å². The molecule has 2 aromatic carbocycles. The summed E-state index contributed by atoms with van der Waals surface area (Å²) in [6, 6.07) is 14.0. The number of carboxylic acids is 1. The van der Waals surface area contributed by atoms with Crippen LogP contribution in [0.4, 0.5) is 0 Å². The Morgan fingerprint density at radius 3 is 2.50 bits per heavy atom. The lowest BCUT2D eigenvalue weighted by molar-refractivity contribution is -0.141. The fraction of sp³-hybridized carbons (Fsp3) is 0.250. The van der Waals surface area contributed by atoms with Crippen molar-refractivity contribution in [2.45, 2.75) is 32.7 Å². The molecule has 3 rings (SSSR count). The van der Waals surface area contributed by atoms with Crippen LogP contribution in [0.15, 0.2) is 53.5 Å². The van der Waals surface area contributed by atoms with Crippen molar-refractivity contribution in [3.8, 4) is 0 Å². The van der Waals surface area contributed by atoms with Crippen LogP contribution in [0.3, 0.4) is 0 Å². The summed E-state index contributed by atoms with van der Waals surface area (Å²) in [5, 5.41) is 9.70. The molecule has 3 aromatic rings. The van der Waals surface area contributed by atoms with Gasteiger partial charge in [-0.1, -0.05) is 54.5 Å². The van der Waals surface area contributed by atoms with Crippen molar-refractivity contribution in [1.29, 1.82) is 0 Å². The Morgan fingerprint density at radius 1 is 1.15 bits per heavy atom. The number of amides is 1. The molecule has 0 saturated carbocycles. The SMILES string of the molecule is CCCC(C(=O)O)n1c(=NC(=O)c2ccc(C)cc2)sc2ccccc21. The summed E-state index contributed by atoms with van der Waals surface area (Å²) in [4.78, 5) is 29.1. The molecule has 0 radical (unpaired) electrons. The third-order valence-electron chi connectivity index (χ3n) is 4.19. The van der Waals surface area contributed by atoms with E-state index in [1.165, 1.54) is 11.3 Å². The minimum atomic E-state index is -0.917. The van der Waals surface area contributed by atoms with Gasteiger partial charge in [-0.2, -0.15) is 4.99 Å². The maximum Gasteiger partial charge on any atom is 0.326 e. The van der Waals surface area contributed by atoms with Gasteiger partial charge in [-0.05, 0) is 37.6 Å². The number of carbonyl (C=O) groups excluding carboxylic acids is 1. The predicted octanol–water partition coefficient (Wildman–Crippen LogP) is 4.18. The van der Waals surface area contributed by atoms with Crippen LogP contribution in [0, 0.1) is 6.92 Å². The van der Waals surface area contributed by atoms with Crippen molar-refractivity contribution in [2.24, 2.45) is 4.99 Å². The van der Waals surface area contributed by atoms with Gasteiger partial charge < -0.3 is 9.67 Å². The molecule has 0 aliphatic heterocycles. The van der Waals surface area contributed by atoms with Gasteiger partial charge in [0.05, 0.1) is 10.2 Å². The molecule has 0 spiro atoms. The molecule has 1 N–H and O–H groups in total. The Morgan fingerprint density at radius 2 is 1.85 bits per heavy atom. The Hall–Kier alpha value is -2.73. The Bertz CT molecular complexity index is 1020. The molecule has 26 heavy (non-hydrogen) atoms. The first kappa shape index (κ1) is 18.1. The molecule has 1 atom stereocenters. The number of nitrogens with zero attached hydrogens (tertiary/aromatic N) is 2. The van der Waals surface area contributed by atoms with Crippen molar-refractivity contribution >= 4 is 33.4 Å². The van der Waals surface area contributed by atoms with E-state index < -0.39 is 12.0 Å². The first-order valence-electron chi connectivity index (χ1n) is 8.50. The summed E-state index contributed by atoms with van der Waals surface area (Å²) in [6.45, 7) is 3.90. The van der Waals surface area contributed by atoms with Crippen LogP contribution in [0.1, 0.15) is 41.7 Å². The summed E-state index contributed by atoms with van der Waals surface area (Å²) >= 11 is 1.33. The summed E-state index contributed by atoms with van der Waals surface area (Å²) in [7, 11) is 0. The first-order valence-corrected chi connectivity index (χ1v) is 9.31. The van der Waals surface area contributed by atoms with Crippen LogP contribution in [0.2, 0.25) is 0 Å². The van der Waals surface area contributed by atoms with Gasteiger partial charge in [-0.15, -0.1) is 0 Å². The highest BCUT2D eigenvalue weighted by Crippen LogP contribution is 2.23. The molecule has 1 unspecified atom stereocenters. The molecule has 6 heteroatoms. The van der Waals surface area contributed by atoms with Crippen LogP contribution >= 0.6 is 11.3 Å². The van der Waals surface area contributed by atoms with Crippen molar-refractivity contribution in [3.63, 3.8) is 0 Å². The Labute approximate surface area is 155 Å². The molecule has 1 aromatic heterocycles. The van der Waals surface area contributed by atoms with E-state index in [4.69, 9.17) is 0 Å². The maximum atomic E-state index is 12.6. The fourth-order valence-corrected chi connectivity index (χ4v) is 3.92. The number of rotatable bonds is 5. The molecule has 0 saturated heterocycles. The van der Waals surface area contributed by atoms with Crippen molar-refractivity contribution < 1.29 is 14.7 Å². The highest BCUT2D eigenvalue weighted by atomic mass is 32.1. The number of hydrogen-bond donors (Lipinski definition) is 1. The molecule has 0 bridgehead atoms. The summed E-state index contributed by atoms with van der Waals surface area (Å²) in [5.74, 6) is -1.29. The highest BCUT2D eigenvalue weighted by Gasteiger charge is 2.22. The second-order valence-corrected chi connectivity index (χ2v) is 7.16. The number of para-hydroxylation sites is 1. The molecule has 134 valence electrons. The molecule has 1 heterocycles. The molecule has 0 aliphatic carbocycles. The fourth-order valence-electron chi connectivity index (χ4n) is 2.85. The minimum Gasteiger partial charge on any atom is -0.480 e. The van der Waals surface area contributed by atoms with Gasteiger partial charge in [0.15, 0.2) is 4.80 Å². The average molecular weight is 368 g/mol. The number of carboxylic acid groups (broad SMARTS) is 1. The van der Waals surface area contributed by atoms with Gasteiger partial charge in [-0.25, -0.2) is 4.79 Å². The third-order valence-corrected chi connectivity index (χ3v) is 5.22. The van der Waals surface area contributed by atoms with Gasteiger partial charge in [0.2, 0.25) is 0 Å². The molecular formula is C20H20N2O3S. The van der Waals surface area contributed by atoms with Gasteiger partial charge >= 0.3 is 5.97 Å². The lowest BCUT2D eigenvalue weighted by atomic mass is 10.1. The Balaban J connectivity index is 2.18. The standard InChI is InChI=1S/C20H20N2O3S/c1-3-6-16(19(24)25)22-15-7-4-5-8-17(15)26-20(22)21-18(23)14-11-9-13(2)10-12-14/h4-5,7-12,16H,3,6H2,1-2H3,(H,24,25). The predicted molar refractivity (Wildman–Crippen MR) is 102 cm³/mol. The van der Waals surface area contributed by atoms with E-state index in [2.05, 4.69) is 4.99 Å². The van der Waals surface area contributed by atoms with E-state index in [1.807, 2.05) is 50.2 Å². The van der Waals surface area contributed by atoms with E-state index in [0.717, 1.165) is 22.2 Å². The van der Waals surface area contributed by atoms with Crippen LogP contribution in [-0.2, 0) is 4.79 Å². The maximum absolute atomic E-state index is 12.6. The van der Waals surface area contributed by atoms with Crippen LogP contribution in [-0.4, -0.2) is 21.6 Å². The largest absolute Gasteiger partial charge is 0.480 e. The van der Waals surface area contributed by atoms with E-state index >= 15 is 0 Å². The van der Waals surface area contributed by atoms with Gasteiger partial charge in [0, 0.05) is 5.56 Å². The number of benzene rings is 2. The quantitative estimate of drug-likeness (QED) is 0.734. The number of aliphatic carboxylic acids is 1. The average Bonchev–Trinajstić information content (AvgIpc) is 2.97. The van der Waals surface area contributed by atoms with Crippen molar-refractivity contribution in [2.75, 3.05) is 0 Å². The monoisotopic (exact) mass is 368 g/mol. The molecule has 1 amide bonds. The number of thiazole rings is 1. The number of aryl methyl sites for hydroxylation is 1. The van der Waals surface area contributed by atoms with Crippen LogP contribution < -0.4 is 4.80 Å². The smallest absolute Gasteiger partial charge is 0.326 e. The second kappa shape index (κ2) is 7.66. The lowest BCUT2D eigenvalue weighted by Gasteiger charge is -2.14. The highest BCUT2D eigenvalue weighted by molar-refractivity contribution is 7.16. The zero-order chi connectivity index (χ0) is 18.7. The normalized spacial score (nSPS) is 13.1. The minimum absolute atomic E-state index is 0.369. The molecule has 0 aliphatic rings. The van der Waals surface area contributed by atoms with Gasteiger partial charge in [0.1, 0.15) is 6.04 Å². The number of hydrogen-bond acceptors (Lipinski definition) is 3. The first-order chi connectivity index (χ1) is 12.5. The zero-order valence-electron chi connectivity index (χ0n) is 14.7. The van der Waals surface area contributed by atoms with Gasteiger partial charge in [0.25, 0.3) is 5.91 Å². The molecular weight excluding hydrogens is 348 g/mol. The molecule has 0 fully saturated rings. The third kappa shape index (κ3) is 3.60. The summed E-state index contributed by atoms with van der Waals surface area (Å²) in [5.41, 5.74) is 2.34. The van der Waals surface area contributed by atoms with Crippen molar-refractivity contribution in [1.82, 2.24) is 4.57 Å². The van der Waals surface area contributed by atoms with E-state index in [-0.39, 0.29) is 5.91 Å². The van der Waals surface area contributed by atoms with E-state index in [1.54, 1.807) is 16.7 Å². The van der Waals surface area contributed by atoms with Gasteiger partial charge in [-0.3, -0.25) is 4.79 Å². The lowest BCUT2D eigenvalue weighted by Crippen LogP contribution is -2.27. The summed E-state index contributed by atoms with van der Waals surface area (Å²) < 4.78 is 2.59. The zero-order valence-corrected chi connectivity index (χ0v) is 15.5. The Kier molecular flexibility index (Phi) is 5.32. The summed E-state index contributed by atoms with van der Waals surface area (Å²) in [6.07, 6.45) is 1.20. The topological polar surface area (TPSA) is 71.7 Å². The number of carbonyl (C=O) groups is 2. The van der Waals surface area contributed by atoms with Crippen LogP contribution in [0.25, 0.3) is 10.2 Å².